The van der Waals surface area contributed by atoms with Crippen LogP contribution in [-0.4, -0.2) is 21.7 Å². The Hall–Kier alpha value is -1.95. The van der Waals surface area contributed by atoms with Gasteiger partial charge in [0, 0.05) is 24.0 Å². The third-order valence-corrected chi connectivity index (χ3v) is 4.58. The largest absolute Gasteiger partial charge is 0.386 e. The molecule has 2 aromatic heterocycles. The summed E-state index contributed by atoms with van der Waals surface area (Å²) in [7, 11) is 0. The first-order valence-corrected chi connectivity index (χ1v) is 8.48. The zero-order chi connectivity index (χ0) is 16.1. The van der Waals surface area contributed by atoms with Crippen LogP contribution in [0.5, 0.6) is 0 Å². The highest BCUT2D eigenvalue weighted by Crippen LogP contribution is 2.21. The maximum atomic E-state index is 10.5. The number of thiophene rings is 1. The molecular weight excluding hydrogens is 308 g/mol. The third kappa shape index (κ3) is 4.51. The van der Waals surface area contributed by atoms with Gasteiger partial charge in [-0.15, -0.1) is 11.3 Å². The van der Waals surface area contributed by atoms with Crippen molar-refractivity contribution in [3.63, 3.8) is 0 Å². The van der Waals surface area contributed by atoms with Crippen molar-refractivity contribution in [2.45, 2.75) is 26.1 Å². The second-order valence-corrected chi connectivity index (χ2v) is 6.60. The highest BCUT2D eigenvalue weighted by Gasteiger charge is 2.17. The Morgan fingerprint density at radius 1 is 1.17 bits per heavy atom. The Kier molecular flexibility index (Phi) is 5.23. The van der Waals surface area contributed by atoms with Crippen LogP contribution in [-0.2, 0) is 13.1 Å². The van der Waals surface area contributed by atoms with Crippen LogP contribution in [0.25, 0.3) is 0 Å². The van der Waals surface area contributed by atoms with Crippen LogP contribution >= 0.6 is 11.3 Å². The maximum absolute atomic E-state index is 10.5. The minimum atomic E-state index is -0.497. The van der Waals surface area contributed by atoms with Crippen LogP contribution < -0.4 is 0 Å². The molecule has 0 saturated carbocycles. The number of aliphatic hydroxyl groups is 1. The molecule has 0 aliphatic carbocycles. The Morgan fingerprint density at radius 3 is 2.65 bits per heavy atom. The molecule has 0 saturated heterocycles. The van der Waals surface area contributed by atoms with Crippen LogP contribution in [0.15, 0.2) is 58.4 Å². The molecule has 3 aromatic rings. The van der Waals surface area contributed by atoms with Gasteiger partial charge in [-0.1, -0.05) is 41.6 Å². The van der Waals surface area contributed by atoms with Crippen molar-refractivity contribution in [2.24, 2.45) is 0 Å². The summed E-state index contributed by atoms with van der Waals surface area (Å²) in [6.45, 7) is 3.84. The van der Waals surface area contributed by atoms with E-state index in [2.05, 4.69) is 22.2 Å². The summed E-state index contributed by atoms with van der Waals surface area (Å²) < 4.78 is 5.33. The molecular formula is C18H20N2O2S. The van der Waals surface area contributed by atoms with Crippen molar-refractivity contribution in [1.29, 1.82) is 0 Å². The van der Waals surface area contributed by atoms with Gasteiger partial charge >= 0.3 is 0 Å². The molecule has 0 bridgehead atoms. The molecule has 120 valence electrons. The molecule has 0 aliphatic rings. The number of nitrogens with zero attached hydrogens (tertiary/aromatic N) is 2. The number of aryl methyl sites for hydroxylation is 1. The standard InChI is InChI=1S/C18H20N2O2S/c1-14-10-16(22-19-14)12-20(11-15-6-3-2-4-7-15)13-17(21)18-8-5-9-23-18/h2-10,17,21H,11-13H2,1H3/t17-/m1/s1. The number of rotatable bonds is 7. The van der Waals surface area contributed by atoms with Gasteiger partial charge in [0.25, 0.3) is 0 Å². The quantitative estimate of drug-likeness (QED) is 0.717. The van der Waals surface area contributed by atoms with Crippen molar-refractivity contribution in [3.8, 4) is 0 Å². The van der Waals surface area contributed by atoms with Gasteiger partial charge < -0.3 is 9.63 Å². The molecule has 5 heteroatoms. The van der Waals surface area contributed by atoms with E-state index in [4.69, 9.17) is 4.52 Å². The fourth-order valence-electron chi connectivity index (χ4n) is 2.55. The Labute approximate surface area is 140 Å². The molecule has 0 radical (unpaired) electrons. The summed E-state index contributed by atoms with van der Waals surface area (Å²) in [6, 6.07) is 16.1. The Bertz CT molecular complexity index is 710. The van der Waals surface area contributed by atoms with Gasteiger partial charge in [0.2, 0.25) is 0 Å². The normalized spacial score (nSPS) is 12.7. The maximum Gasteiger partial charge on any atom is 0.150 e. The van der Waals surface area contributed by atoms with E-state index in [0.29, 0.717) is 13.1 Å². The van der Waals surface area contributed by atoms with Crippen LogP contribution in [0.3, 0.4) is 0 Å². The first-order valence-electron chi connectivity index (χ1n) is 7.60. The molecule has 0 fully saturated rings. The average molecular weight is 328 g/mol. The van der Waals surface area contributed by atoms with E-state index in [1.54, 1.807) is 11.3 Å². The van der Waals surface area contributed by atoms with Crippen molar-refractivity contribution in [2.75, 3.05) is 6.54 Å². The molecule has 3 rings (SSSR count). The third-order valence-electron chi connectivity index (χ3n) is 3.61. The van der Waals surface area contributed by atoms with Crippen LogP contribution in [0, 0.1) is 6.92 Å². The summed E-state index contributed by atoms with van der Waals surface area (Å²) in [5.74, 6) is 0.816. The number of hydrogen-bond acceptors (Lipinski definition) is 5. The van der Waals surface area contributed by atoms with E-state index in [9.17, 15) is 5.11 Å². The minimum absolute atomic E-state index is 0.497. The van der Waals surface area contributed by atoms with Gasteiger partial charge in [-0.25, -0.2) is 0 Å². The highest BCUT2D eigenvalue weighted by molar-refractivity contribution is 7.10. The second kappa shape index (κ2) is 7.55. The lowest BCUT2D eigenvalue weighted by molar-refractivity contribution is 0.101. The molecule has 1 N–H and O–H groups in total. The van der Waals surface area contributed by atoms with Gasteiger partial charge in [-0.2, -0.15) is 0 Å². The summed E-state index contributed by atoms with van der Waals surface area (Å²) in [5.41, 5.74) is 2.08. The number of hydrogen-bond donors (Lipinski definition) is 1. The Morgan fingerprint density at radius 2 is 2.00 bits per heavy atom. The van der Waals surface area contributed by atoms with Crippen molar-refractivity contribution in [1.82, 2.24) is 10.1 Å². The summed E-state index contributed by atoms with van der Waals surface area (Å²) in [5, 5.41) is 16.4. The van der Waals surface area contributed by atoms with Gasteiger partial charge in [0.15, 0.2) is 5.76 Å². The highest BCUT2D eigenvalue weighted by atomic mass is 32.1. The van der Waals surface area contributed by atoms with E-state index < -0.39 is 6.10 Å². The molecule has 0 amide bonds. The monoisotopic (exact) mass is 328 g/mol. The fraction of sp³-hybridized carbons (Fsp3) is 0.278. The lowest BCUT2D eigenvalue weighted by atomic mass is 10.2. The minimum Gasteiger partial charge on any atom is -0.386 e. The molecule has 0 unspecified atom stereocenters. The van der Waals surface area contributed by atoms with Crippen molar-refractivity contribution >= 4 is 11.3 Å². The SMILES string of the molecule is Cc1cc(CN(Cc2ccccc2)C[C@@H](O)c2cccs2)on1. The van der Waals surface area contributed by atoms with E-state index in [1.807, 2.05) is 48.7 Å². The molecule has 2 heterocycles. The van der Waals surface area contributed by atoms with Gasteiger partial charge in [-0.3, -0.25) is 4.90 Å². The van der Waals surface area contributed by atoms with E-state index in [-0.39, 0.29) is 0 Å². The lowest BCUT2D eigenvalue weighted by Crippen LogP contribution is -2.27. The van der Waals surface area contributed by atoms with Crippen LogP contribution in [0.1, 0.15) is 28.0 Å². The topological polar surface area (TPSA) is 49.5 Å². The summed E-state index contributed by atoms with van der Waals surface area (Å²) in [6.07, 6.45) is -0.497. The zero-order valence-corrected chi connectivity index (χ0v) is 13.9. The van der Waals surface area contributed by atoms with Gasteiger partial charge in [-0.05, 0) is 23.9 Å². The molecule has 0 aliphatic heterocycles. The van der Waals surface area contributed by atoms with E-state index in [0.717, 1.165) is 22.9 Å². The number of benzene rings is 1. The first-order chi connectivity index (χ1) is 11.2. The van der Waals surface area contributed by atoms with Crippen LogP contribution in [0.4, 0.5) is 0 Å². The zero-order valence-electron chi connectivity index (χ0n) is 13.1. The number of aliphatic hydroxyl groups excluding tert-OH is 1. The van der Waals surface area contributed by atoms with Crippen molar-refractivity contribution < 1.29 is 9.63 Å². The average Bonchev–Trinajstić information content (AvgIpc) is 3.20. The predicted molar refractivity (Wildman–Crippen MR) is 91.1 cm³/mol. The fourth-order valence-corrected chi connectivity index (χ4v) is 3.26. The molecule has 1 aromatic carbocycles. The molecule has 0 spiro atoms. The lowest BCUT2D eigenvalue weighted by Gasteiger charge is -2.23. The second-order valence-electron chi connectivity index (χ2n) is 5.62. The van der Waals surface area contributed by atoms with E-state index in [1.165, 1.54) is 5.56 Å². The van der Waals surface area contributed by atoms with Crippen molar-refractivity contribution in [3.05, 3.63) is 75.8 Å². The predicted octanol–water partition coefficient (Wildman–Crippen LogP) is 3.78. The number of aromatic nitrogens is 1. The van der Waals surface area contributed by atoms with Gasteiger partial charge in [0.05, 0.1) is 12.2 Å². The smallest absolute Gasteiger partial charge is 0.150 e. The summed E-state index contributed by atoms with van der Waals surface area (Å²) in [4.78, 5) is 3.16. The molecule has 4 nitrogen and oxygen atoms in total. The Balaban J connectivity index is 1.72. The molecule has 23 heavy (non-hydrogen) atoms. The molecule has 1 atom stereocenters. The van der Waals surface area contributed by atoms with E-state index >= 15 is 0 Å². The first kappa shape index (κ1) is 15.9. The summed E-state index contributed by atoms with van der Waals surface area (Å²) >= 11 is 1.58. The van der Waals surface area contributed by atoms with Gasteiger partial charge in [0.1, 0.15) is 6.10 Å². The van der Waals surface area contributed by atoms with Crippen LogP contribution in [0.2, 0.25) is 0 Å².